The number of nitrogens with zero attached hydrogens (tertiary/aromatic N) is 2. The number of rotatable bonds is 10. The molecular weight excluding hydrogens is 244 g/mol. The number of carbonyl (C=O) groups is 2. The Morgan fingerprint density at radius 2 is 1.63 bits per heavy atom. The van der Waals surface area contributed by atoms with Crippen molar-refractivity contribution in [1.82, 2.24) is 9.80 Å². The van der Waals surface area contributed by atoms with E-state index in [1.54, 1.807) is 0 Å². The van der Waals surface area contributed by atoms with Gasteiger partial charge >= 0.3 is 5.97 Å². The van der Waals surface area contributed by atoms with Gasteiger partial charge in [0.05, 0.1) is 13.0 Å². The van der Waals surface area contributed by atoms with Crippen LogP contribution < -0.4 is 0 Å². The van der Waals surface area contributed by atoms with Crippen LogP contribution in [0.1, 0.15) is 47.0 Å². The molecule has 0 fully saturated rings. The van der Waals surface area contributed by atoms with Crippen molar-refractivity contribution >= 4 is 11.9 Å². The van der Waals surface area contributed by atoms with Crippen LogP contribution >= 0.6 is 0 Å². The molecule has 5 heteroatoms. The van der Waals surface area contributed by atoms with E-state index in [1.165, 1.54) is 0 Å². The second-order valence-corrected chi connectivity index (χ2v) is 4.89. The molecule has 0 radical (unpaired) electrons. The SMILES string of the molecule is CCCN(CCC)C(=O)CN(CC)C(C)CC(=O)O. The van der Waals surface area contributed by atoms with E-state index < -0.39 is 5.97 Å². The van der Waals surface area contributed by atoms with Gasteiger partial charge in [-0.05, 0) is 26.3 Å². The normalized spacial score (nSPS) is 12.5. The summed E-state index contributed by atoms with van der Waals surface area (Å²) in [6, 6.07) is -0.114. The van der Waals surface area contributed by atoms with Crippen LogP contribution in [0.5, 0.6) is 0 Å². The van der Waals surface area contributed by atoms with Gasteiger partial charge in [0.2, 0.25) is 5.91 Å². The van der Waals surface area contributed by atoms with Crippen molar-refractivity contribution in [2.24, 2.45) is 0 Å². The van der Waals surface area contributed by atoms with Crippen LogP contribution in [0.2, 0.25) is 0 Å². The third-order valence-electron chi connectivity index (χ3n) is 3.18. The highest BCUT2D eigenvalue weighted by Crippen LogP contribution is 2.05. The number of likely N-dealkylation sites (N-methyl/N-ethyl adjacent to an activating group) is 1. The van der Waals surface area contributed by atoms with Crippen molar-refractivity contribution in [1.29, 1.82) is 0 Å². The predicted molar refractivity (Wildman–Crippen MR) is 76.1 cm³/mol. The van der Waals surface area contributed by atoms with Gasteiger partial charge < -0.3 is 10.0 Å². The number of carbonyl (C=O) groups excluding carboxylic acids is 1. The van der Waals surface area contributed by atoms with Crippen LogP contribution in [-0.2, 0) is 9.59 Å². The Bertz CT molecular complexity index is 276. The van der Waals surface area contributed by atoms with Crippen LogP contribution in [0.15, 0.2) is 0 Å². The Morgan fingerprint density at radius 3 is 2.00 bits per heavy atom. The largest absolute Gasteiger partial charge is 0.481 e. The molecule has 0 aliphatic rings. The lowest BCUT2D eigenvalue weighted by molar-refractivity contribution is -0.140. The zero-order valence-corrected chi connectivity index (χ0v) is 12.7. The van der Waals surface area contributed by atoms with Crippen molar-refractivity contribution < 1.29 is 14.7 Å². The molecule has 5 nitrogen and oxygen atoms in total. The summed E-state index contributed by atoms with van der Waals surface area (Å²) in [5.74, 6) is -0.722. The Morgan fingerprint density at radius 1 is 1.11 bits per heavy atom. The molecule has 19 heavy (non-hydrogen) atoms. The van der Waals surface area contributed by atoms with Crippen LogP contribution in [-0.4, -0.2) is 59.0 Å². The number of aliphatic carboxylic acids is 1. The molecule has 0 saturated heterocycles. The molecule has 0 bridgehead atoms. The van der Waals surface area contributed by atoms with Crippen molar-refractivity contribution in [3.05, 3.63) is 0 Å². The van der Waals surface area contributed by atoms with E-state index in [9.17, 15) is 9.59 Å². The van der Waals surface area contributed by atoms with Gasteiger partial charge in [0.1, 0.15) is 0 Å². The summed E-state index contributed by atoms with van der Waals surface area (Å²) in [5.41, 5.74) is 0. The van der Waals surface area contributed by atoms with Gasteiger partial charge in [0.25, 0.3) is 0 Å². The van der Waals surface area contributed by atoms with Crippen LogP contribution in [0, 0.1) is 0 Å². The third-order valence-corrected chi connectivity index (χ3v) is 3.18. The lowest BCUT2D eigenvalue weighted by Crippen LogP contribution is -2.44. The molecule has 112 valence electrons. The first kappa shape index (κ1) is 17.9. The van der Waals surface area contributed by atoms with E-state index in [4.69, 9.17) is 5.11 Å². The molecule has 0 aromatic rings. The second-order valence-electron chi connectivity index (χ2n) is 4.89. The first-order valence-electron chi connectivity index (χ1n) is 7.19. The molecule has 0 aliphatic heterocycles. The number of carboxylic acid groups (broad SMARTS) is 1. The zero-order chi connectivity index (χ0) is 14.8. The Hall–Kier alpha value is -1.10. The predicted octanol–water partition coefficient (Wildman–Crippen LogP) is 1.82. The maximum absolute atomic E-state index is 12.2. The third kappa shape index (κ3) is 7.15. The average molecular weight is 272 g/mol. The summed E-state index contributed by atoms with van der Waals surface area (Å²) in [4.78, 5) is 26.7. The van der Waals surface area contributed by atoms with E-state index in [2.05, 4.69) is 13.8 Å². The van der Waals surface area contributed by atoms with Gasteiger partial charge in [-0.1, -0.05) is 20.8 Å². The number of amides is 1. The quantitative estimate of drug-likeness (QED) is 0.659. The van der Waals surface area contributed by atoms with Crippen molar-refractivity contribution in [3.63, 3.8) is 0 Å². The fourth-order valence-corrected chi connectivity index (χ4v) is 2.14. The molecule has 0 rings (SSSR count). The smallest absolute Gasteiger partial charge is 0.304 e. The second kappa shape index (κ2) is 9.78. The molecule has 0 heterocycles. The highest BCUT2D eigenvalue weighted by atomic mass is 16.4. The lowest BCUT2D eigenvalue weighted by atomic mass is 10.2. The molecule has 1 N–H and O–H groups in total. The van der Waals surface area contributed by atoms with Crippen molar-refractivity contribution in [3.8, 4) is 0 Å². The van der Waals surface area contributed by atoms with Gasteiger partial charge in [0, 0.05) is 19.1 Å². The highest BCUT2D eigenvalue weighted by molar-refractivity contribution is 5.78. The van der Waals surface area contributed by atoms with Gasteiger partial charge in [0.15, 0.2) is 0 Å². The molecule has 0 aromatic carbocycles. The first-order valence-corrected chi connectivity index (χ1v) is 7.19. The van der Waals surface area contributed by atoms with Crippen LogP contribution in [0.3, 0.4) is 0 Å². The van der Waals surface area contributed by atoms with Crippen molar-refractivity contribution in [2.45, 2.75) is 53.0 Å². The summed E-state index contributed by atoms with van der Waals surface area (Å²) in [7, 11) is 0. The molecule has 0 saturated carbocycles. The summed E-state index contributed by atoms with van der Waals surface area (Å²) < 4.78 is 0. The summed E-state index contributed by atoms with van der Waals surface area (Å²) in [6.07, 6.45) is 1.97. The zero-order valence-electron chi connectivity index (χ0n) is 12.7. The maximum atomic E-state index is 12.2. The summed E-state index contributed by atoms with van der Waals surface area (Å²) in [5, 5.41) is 8.82. The maximum Gasteiger partial charge on any atom is 0.304 e. The fraction of sp³-hybridized carbons (Fsp3) is 0.857. The lowest BCUT2D eigenvalue weighted by Gasteiger charge is -2.29. The van der Waals surface area contributed by atoms with E-state index >= 15 is 0 Å². The number of hydrogen-bond donors (Lipinski definition) is 1. The highest BCUT2D eigenvalue weighted by Gasteiger charge is 2.20. The molecular formula is C14H28N2O3. The topological polar surface area (TPSA) is 60.9 Å². The average Bonchev–Trinajstić information content (AvgIpc) is 2.34. The molecule has 1 amide bonds. The van der Waals surface area contributed by atoms with Crippen LogP contribution in [0.25, 0.3) is 0 Å². The Labute approximate surface area is 116 Å². The van der Waals surface area contributed by atoms with Gasteiger partial charge in [-0.2, -0.15) is 0 Å². The molecule has 1 unspecified atom stereocenters. The van der Waals surface area contributed by atoms with Gasteiger partial charge in [-0.3, -0.25) is 14.5 Å². The van der Waals surface area contributed by atoms with E-state index in [-0.39, 0.29) is 18.4 Å². The standard InChI is InChI=1S/C14H28N2O3/c1-5-8-16(9-6-2)13(17)11-15(7-3)12(4)10-14(18)19/h12H,5-11H2,1-4H3,(H,18,19). The van der Waals surface area contributed by atoms with E-state index in [0.717, 1.165) is 25.9 Å². The number of carboxylic acids is 1. The minimum absolute atomic E-state index is 0.0721. The number of hydrogen-bond acceptors (Lipinski definition) is 3. The summed E-state index contributed by atoms with van der Waals surface area (Å²) >= 11 is 0. The van der Waals surface area contributed by atoms with Gasteiger partial charge in [-0.25, -0.2) is 0 Å². The first-order chi connectivity index (χ1) is 8.96. The minimum atomic E-state index is -0.822. The van der Waals surface area contributed by atoms with Gasteiger partial charge in [-0.15, -0.1) is 0 Å². The molecule has 0 spiro atoms. The Kier molecular flexibility index (Phi) is 9.21. The Balaban J connectivity index is 4.49. The van der Waals surface area contributed by atoms with E-state index in [1.807, 2.05) is 23.6 Å². The monoisotopic (exact) mass is 272 g/mol. The molecule has 0 aromatic heterocycles. The van der Waals surface area contributed by atoms with Crippen molar-refractivity contribution in [2.75, 3.05) is 26.2 Å². The summed E-state index contributed by atoms with van der Waals surface area (Å²) in [6.45, 7) is 10.5. The molecule has 0 aliphatic carbocycles. The van der Waals surface area contributed by atoms with E-state index in [0.29, 0.717) is 13.1 Å². The van der Waals surface area contributed by atoms with Crippen LogP contribution in [0.4, 0.5) is 0 Å². The minimum Gasteiger partial charge on any atom is -0.481 e. The fourth-order valence-electron chi connectivity index (χ4n) is 2.14. The molecule has 1 atom stereocenters.